The first-order chi connectivity index (χ1) is 18.3. The van der Waals surface area contributed by atoms with Crippen LogP contribution in [0.15, 0.2) is 77.6 Å². The van der Waals surface area contributed by atoms with Crippen LogP contribution in [0.4, 0.5) is 5.69 Å². The van der Waals surface area contributed by atoms with Crippen molar-refractivity contribution in [2.75, 3.05) is 13.7 Å². The van der Waals surface area contributed by atoms with E-state index in [9.17, 15) is 19.7 Å². The van der Waals surface area contributed by atoms with Crippen molar-refractivity contribution in [3.05, 3.63) is 105 Å². The summed E-state index contributed by atoms with van der Waals surface area (Å²) in [5.41, 5.74) is 0.921. The molecule has 1 atom stereocenters. The largest absolute Gasteiger partial charge is 0.497 e. The highest BCUT2D eigenvalue weighted by Crippen LogP contribution is 2.27. The Morgan fingerprint density at radius 3 is 2.50 bits per heavy atom. The van der Waals surface area contributed by atoms with Crippen molar-refractivity contribution < 1.29 is 14.5 Å². The number of rotatable bonds is 10. The molecule has 196 valence electrons. The van der Waals surface area contributed by atoms with Gasteiger partial charge in [-0.25, -0.2) is 4.98 Å². The van der Waals surface area contributed by atoms with Gasteiger partial charge in [-0.1, -0.05) is 38.0 Å². The van der Waals surface area contributed by atoms with Gasteiger partial charge in [-0.05, 0) is 55.8 Å². The van der Waals surface area contributed by atoms with Crippen LogP contribution in [0.1, 0.15) is 55.3 Å². The summed E-state index contributed by atoms with van der Waals surface area (Å²) in [5, 5.41) is 11.8. The molecule has 4 aromatic rings. The van der Waals surface area contributed by atoms with E-state index >= 15 is 0 Å². The summed E-state index contributed by atoms with van der Waals surface area (Å²) in [6, 6.07) is 19.3. The third-order valence-electron chi connectivity index (χ3n) is 6.54. The first kappa shape index (κ1) is 26.5. The summed E-state index contributed by atoms with van der Waals surface area (Å²) in [6.45, 7) is 4.31. The highest BCUT2D eigenvalue weighted by molar-refractivity contribution is 5.95. The summed E-state index contributed by atoms with van der Waals surface area (Å²) < 4.78 is 6.81. The summed E-state index contributed by atoms with van der Waals surface area (Å²) in [5.74, 6) is 0.683. The third kappa shape index (κ3) is 5.41. The van der Waals surface area contributed by atoms with Gasteiger partial charge in [0.05, 0.1) is 34.7 Å². The molecule has 1 unspecified atom stereocenters. The van der Waals surface area contributed by atoms with Crippen LogP contribution >= 0.6 is 0 Å². The lowest BCUT2D eigenvalue weighted by molar-refractivity contribution is -0.384. The highest BCUT2D eigenvalue weighted by Gasteiger charge is 2.28. The van der Waals surface area contributed by atoms with Crippen LogP contribution < -0.4 is 10.3 Å². The number of nitrogens with zero attached hydrogens (tertiary/aromatic N) is 4. The van der Waals surface area contributed by atoms with E-state index in [1.54, 1.807) is 60.5 Å². The number of benzene rings is 3. The molecule has 38 heavy (non-hydrogen) atoms. The van der Waals surface area contributed by atoms with Gasteiger partial charge in [0.2, 0.25) is 0 Å². The Labute approximate surface area is 220 Å². The molecule has 4 rings (SSSR count). The average Bonchev–Trinajstić information content (AvgIpc) is 2.95. The summed E-state index contributed by atoms with van der Waals surface area (Å²) in [4.78, 5) is 44.9. The normalized spacial score (nSPS) is 11.8. The number of carbonyl (C=O) groups excluding carboxylic acids is 1. The van der Waals surface area contributed by atoms with Crippen LogP contribution in [0.5, 0.6) is 5.75 Å². The number of fused-ring (bicyclic) bond motifs is 1. The molecule has 0 N–H and O–H groups in total. The molecule has 0 saturated carbocycles. The lowest BCUT2D eigenvalue weighted by Gasteiger charge is -2.31. The fourth-order valence-electron chi connectivity index (χ4n) is 4.47. The van der Waals surface area contributed by atoms with Crippen molar-refractivity contribution in [3.63, 3.8) is 0 Å². The molecule has 1 aromatic heterocycles. The van der Waals surface area contributed by atoms with Crippen LogP contribution in [0.2, 0.25) is 0 Å². The number of nitro benzene ring substituents is 1. The topological polar surface area (TPSA) is 108 Å². The molecule has 0 spiro atoms. The number of carbonyl (C=O) groups is 1. The quantitative estimate of drug-likeness (QED) is 0.153. The van der Waals surface area contributed by atoms with Gasteiger partial charge in [-0.3, -0.25) is 24.3 Å². The third-order valence-corrected chi connectivity index (χ3v) is 6.54. The molecule has 9 heteroatoms. The number of para-hydroxylation sites is 1. The number of nitro groups is 1. The molecule has 0 aliphatic carbocycles. The predicted octanol–water partition coefficient (Wildman–Crippen LogP) is 5.70. The Bertz CT molecular complexity index is 1510. The number of aromatic nitrogens is 2. The summed E-state index contributed by atoms with van der Waals surface area (Å²) >= 11 is 0. The van der Waals surface area contributed by atoms with Gasteiger partial charge in [0.15, 0.2) is 0 Å². The molecule has 1 amide bonds. The second kappa shape index (κ2) is 11.7. The first-order valence-electron chi connectivity index (χ1n) is 12.6. The van der Waals surface area contributed by atoms with E-state index in [4.69, 9.17) is 9.72 Å². The number of non-ortho nitro benzene ring substituents is 1. The first-order valence-corrected chi connectivity index (χ1v) is 12.6. The van der Waals surface area contributed by atoms with Crippen LogP contribution in [0.25, 0.3) is 16.6 Å². The van der Waals surface area contributed by atoms with Crippen molar-refractivity contribution in [2.45, 2.75) is 39.2 Å². The van der Waals surface area contributed by atoms with Crippen molar-refractivity contribution in [2.24, 2.45) is 0 Å². The lowest BCUT2D eigenvalue weighted by Crippen LogP contribution is -2.38. The molecule has 0 saturated heterocycles. The molecular weight excluding hydrogens is 484 g/mol. The van der Waals surface area contributed by atoms with E-state index < -0.39 is 11.0 Å². The lowest BCUT2D eigenvalue weighted by atomic mass is 10.1. The number of ether oxygens (including phenoxy) is 1. The molecule has 3 aromatic carbocycles. The standard InChI is InChI=1S/C29H30N4O5/c1-4-5-8-18-31(28(34)21-10-9-11-23(19-21)33(36)37)20(2)27-30-26-13-7-6-12-25(26)29(35)32(27)22-14-16-24(38-3)17-15-22/h6-7,9-17,19-20H,4-5,8,18H2,1-3H3. The van der Waals surface area contributed by atoms with Gasteiger partial charge in [-0.2, -0.15) is 0 Å². The smallest absolute Gasteiger partial charge is 0.270 e. The highest BCUT2D eigenvalue weighted by atomic mass is 16.6. The zero-order chi connectivity index (χ0) is 27.2. The minimum absolute atomic E-state index is 0.156. The monoisotopic (exact) mass is 514 g/mol. The molecule has 1 heterocycles. The minimum Gasteiger partial charge on any atom is -0.497 e. The van der Waals surface area contributed by atoms with Crippen LogP contribution in [-0.4, -0.2) is 38.9 Å². The fraction of sp³-hybridized carbons (Fsp3) is 0.276. The zero-order valence-corrected chi connectivity index (χ0v) is 21.7. The van der Waals surface area contributed by atoms with E-state index in [1.807, 2.05) is 13.0 Å². The summed E-state index contributed by atoms with van der Waals surface area (Å²) in [7, 11) is 1.57. The van der Waals surface area contributed by atoms with Crippen molar-refractivity contribution in [1.82, 2.24) is 14.5 Å². The Hall–Kier alpha value is -4.53. The molecule has 0 aliphatic heterocycles. The van der Waals surface area contributed by atoms with Crippen LogP contribution in [0.3, 0.4) is 0 Å². The fourth-order valence-corrected chi connectivity index (χ4v) is 4.47. The minimum atomic E-state index is -0.613. The number of unbranched alkanes of at least 4 members (excludes halogenated alkanes) is 2. The Morgan fingerprint density at radius 1 is 1.08 bits per heavy atom. The van der Waals surface area contributed by atoms with E-state index in [-0.39, 0.29) is 22.7 Å². The second-order valence-electron chi connectivity index (χ2n) is 9.01. The van der Waals surface area contributed by atoms with Crippen LogP contribution in [0, 0.1) is 10.1 Å². The summed E-state index contributed by atoms with van der Waals surface area (Å²) in [6.07, 6.45) is 2.60. The van der Waals surface area contributed by atoms with Gasteiger partial charge >= 0.3 is 0 Å². The van der Waals surface area contributed by atoms with Gasteiger partial charge in [0.25, 0.3) is 17.2 Å². The molecular formula is C29H30N4O5. The SMILES string of the molecule is CCCCCN(C(=O)c1cccc([N+](=O)[O-])c1)C(C)c1nc2ccccc2c(=O)n1-c1ccc(OC)cc1. The molecule has 0 bridgehead atoms. The molecule has 0 aliphatic rings. The number of amides is 1. The maximum atomic E-state index is 13.8. The molecule has 9 nitrogen and oxygen atoms in total. The second-order valence-corrected chi connectivity index (χ2v) is 9.01. The van der Waals surface area contributed by atoms with E-state index in [0.717, 1.165) is 19.3 Å². The van der Waals surface area contributed by atoms with Crippen LogP contribution in [-0.2, 0) is 0 Å². The van der Waals surface area contributed by atoms with Gasteiger partial charge < -0.3 is 9.64 Å². The predicted molar refractivity (Wildman–Crippen MR) is 146 cm³/mol. The molecule has 0 fully saturated rings. The number of methoxy groups -OCH3 is 1. The number of hydrogen-bond donors (Lipinski definition) is 0. The van der Waals surface area contributed by atoms with E-state index in [2.05, 4.69) is 6.92 Å². The van der Waals surface area contributed by atoms with Crippen molar-refractivity contribution in [3.8, 4) is 11.4 Å². The van der Waals surface area contributed by atoms with E-state index in [0.29, 0.717) is 34.7 Å². The van der Waals surface area contributed by atoms with Crippen molar-refractivity contribution >= 4 is 22.5 Å². The van der Waals surface area contributed by atoms with E-state index in [1.165, 1.54) is 22.8 Å². The van der Waals surface area contributed by atoms with Crippen molar-refractivity contribution in [1.29, 1.82) is 0 Å². The maximum Gasteiger partial charge on any atom is 0.270 e. The number of hydrogen-bond acceptors (Lipinski definition) is 6. The van der Waals surface area contributed by atoms with Gasteiger partial charge in [0, 0.05) is 24.2 Å². The Kier molecular flexibility index (Phi) is 8.15. The van der Waals surface area contributed by atoms with Gasteiger partial charge in [-0.15, -0.1) is 0 Å². The Morgan fingerprint density at radius 2 is 1.82 bits per heavy atom. The Balaban J connectivity index is 1.87. The zero-order valence-electron chi connectivity index (χ0n) is 21.7. The molecule has 0 radical (unpaired) electrons. The van der Waals surface area contributed by atoms with Gasteiger partial charge in [0.1, 0.15) is 11.6 Å². The average molecular weight is 515 g/mol. The maximum absolute atomic E-state index is 13.8.